The summed E-state index contributed by atoms with van der Waals surface area (Å²) in [6, 6.07) is 0. The summed E-state index contributed by atoms with van der Waals surface area (Å²) in [7, 11) is 1.42. The molecule has 0 aromatic heterocycles. The summed E-state index contributed by atoms with van der Waals surface area (Å²) in [5.41, 5.74) is -0.854. The van der Waals surface area contributed by atoms with Gasteiger partial charge in [-0.1, -0.05) is 27.7 Å². The van der Waals surface area contributed by atoms with Crippen LogP contribution in [-0.4, -0.2) is 51.4 Å². The van der Waals surface area contributed by atoms with E-state index in [2.05, 4.69) is 4.89 Å². The molecule has 0 aromatic rings. The molecular formula is C21H38O8. The van der Waals surface area contributed by atoms with E-state index in [1.165, 1.54) is 7.11 Å². The Balaban J connectivity index is 5.38. The maximum absolute atomic E-state index is 11.9. The van der Waals surface area contributed by atoms with E-state index in [0.29, 0.717) is 51.6 Å². The first-order valence-electron chi connectivity index (χ1n) is 10.4. The Morgan fingerprint density at radius 2 is 1.14 bits per heavy atom. The second kappa shape index (κ2) is 16.2. The Morgan fingerprint density at radius 1 is 0.759 bits per heavy atom. The second-order valence-corrected chi connectivity index (χ2v) is 7.49. The number of carbonyl (C=O) groups is 3. The zero-order chi connectivity index (χ0) is 22.1. The van der Waals surface area contributed by atoms with Crippen LogP contribution < -0.4 is 0 Å². The molecule has 8 heteroatoms. The van der Waals surface area contributed by atoms with Crippen LogP contribution in [0.2, 0.25) is 0 Å². The number of esters is 3. The van der Waals surface area contributed by atoms with Gasteiger partial charge in [-0.3, -0.25) is 14.4 Å². The van der Waals surface area contributed by atoms with Gasteiger partial charge in [0, 0.05) is 19.3 Å². The number of rotatable bonds is 17. The molecule has 29 heavy (non-hydrogen) atoms. The molecular weight excluding hydrogens is 380 g/mol. The van der Waals surface area contributed by atoms with Crippen molar-refractivity contribution in [2.75, 3.05) is 33.5 Å². The molecule has 0 rings (SSSR count). The quantitative estimate of drug-likeness (QED) is 0.153. The fourth-order valence-corrected chi connectivity index (χ4v) is 2.81. The predicted molar refractivity (Wildman–Crippen MR) is 107 cm³/mol. The largest absolute Gasteiger partial charge is 0.465 e. The molecule has 0 aliphatic rings. The molecule has 1 atom stereocenters. The van der Waals surface area contributed by atoms with E-state index < -0.39 is 5.41 Å². The smallest absolute Gasteiger partial charge is 0.305 e. The van der Waals surface area contributed by atoms with E-state index in [1.807, 2.05) is 27.7 Å². The van der Waals surface area contributed by atoms with Gasteiger partial charge in [0.05, 0.1) is 19.1 Å². The van der Waals surface area contributed by atoms with Crippen LogP contribution in [0.1, 0.15) is 72.6 Å². The zero-order valence-electron chi connectivity index (χ0n) is 18.6. The van der Waals surface area contributed by atoms with Crippen molar-refractivity contribution in [3.05, 3.63) is 0 Å². The van der Waals surface area contributed by atoms with Gasteiger partial charge in [0.2, 0.25) is 0 Å². The van der Waals surface area contributed by atoms with Crippen LogP contribution >= 0.6 is 0 Å². The highest BCUT2D eigenvalue weighted by Gasteiger charge is 2.37. The van der Waals surface area contributed by atoms with Crippen LogP contribution in [-0.2, 0) is 38.4 Å². The molecule has 0 saturated carbocycles. The van der Waals surface area contributed by atoms with E-state index >= 15 is 0 Å². The molecule has 0 aromatic carbocycles. The lowest BCUT2D eigenvalue weighted by molar-refractivity contribution is -0.280. The van der Waals surface area contributed by atoms with Crippen LogP contribution in [0.15, 0.2) is 0 Å². The molecule has 8 nitrogen and oxygen atoms in total. The highest BCUT2D eigenvalue weighted by atomic mass is 17.2. The van der Waals surface area contributed by atoms with Crippen LogP contribution in [0.4, 0.5) is 0 Å². The van der Waals surface area contributed by atoms with Gasteiger partial charge < -0.3 is 14.2 Å². The first kappa shape index (κ1) is 27.3. The first-order chi connectivity index (χ1) is 13.8. The van der Waals surface area contributed by atoms with Crippen molar-refractivity contribution in [2.24, 2.45) is 11.3 Å². The van der Waals surface area contributed by atoms with Crippen molar-refractivity contribution < 1.29 is 38.4 Å². The molecule has 0 amide bonds. The minimum atomic E-state index is -0.854. The normalized spacial score (nSPS) is 12.3. The zero-order valence-corrected chi connectivity index (χ0v) is 18.6. The monoisotopic (exact) mass is 418 g/mol. The maximum atomic E-state index is 11.9. The van der Waals surface area contributed by atoms with Gasteiger partial charge in [-0.25, -0.2) is 9.78 Å². The molecule has 0 aliphatic heterocycles. The third-order valence-electron chi connectivity index (χ3n) is 4.23. The molecule has 0 saturated heterocycles. The van der Waals surface area contributed by atoms with Gasteiger partial charge >= 0.3 is 17.9 Å². The van der Waals surface area contributed by atoms with Crippen molar-refractivity contribution in [3.63, 3.8) is 0 Å². The number of hydrogen-bond acceptors (Lipinski definition) is 8. The molecule has 0 radical (unpaired) electrons. The molecule has 0 aliphatic carbocycles. The van der Waals surface area contributed by atoms with Crippen LogP contribution in [0.5, 0.6) is 0 Å². The van der Waals surface area contributed by atoms with Crippen LogP contribution in [0.3, 0.4) is 0 Å². The van der Waals surface area contributed by atoms with Gasteiger partial charge in [0.15, 0.2) is 0 Å². The topological polar surface area (TPSA) is 97.4 Å². The van der Waals surface area contributed by atoms with Crippen molar-refractivity contribution in [3.8, 4) is 0 Å². The number of ether oxygens (including phenoxy) is 3. The molecule has 170 valence electrons. The lowest BCUT2D eigenvalue weighted by atomic mass is 9.81. The molecule has 0 N–H and O–H groups in total. The highest BCUT2D eigenvalue weighted by molar-refractivity contribution is 5.70. The van der Waals surface area contributed by atoms with Crippen LogP contribution in [0.25, 0.3) is 0 Å². The fraction of sp³-hybridized carbons (Fsp3) is 0.857. The fourth-order valence-electron chi connectivity index (χ4n) is 2.81. The highest BCUT2D eigenvalue weighted by Crippen LogP contribution is 2.30. The summed E-state index contributed by atoms with van der Waals surface area (Å²) in [4.78, 5) is 45.5. The number of hydrogen-bond donors (Lipinski definition) is 0. The average molecular weight is 419 g/mol. The predicted octanol–water partition coefficient (Wildman–Crippen LogP) is 3.61. The van der Waals surface area contributed by atoms with Gasteiger partial charge in [-0.05, 0) is 31.6 Å². The minimum Gasteiger partial charge on any atom is -0.465 e. The van der Waals surface area contributed by atoms with Crippen molar-refractivity contribution in [2.45, 2.75) is 72.6 Å². The SMILES string of the molecule is CCCC(=O)OCC(COC(=O)CCC)(COC(=O)CCC)CC(C)COOC. The maximum Gasteiger partial charge on any atom is 0.305 e. The Hall–Kier alpha value is -1.67. The van der Waals surface area contributed by atoms with Crippen molar-refractivity contribution in [1.82, 2.24) is 0 Å². The minimum absolute atomic E-state index is 0.0119. The summed E-state index contributed by atoms with van der Waals surface area (Å²) in [6.45, 7) is 7.86. The lowest BCUT2D eigenvalue weighted by Gasteiger charge is -2.34. The summed E-state index contributed by atoms with van der Waals surface area (Å²) in [6.07, 6.45) is 3.34. The summed E-state index contributed by atoms with van der Waals surface area (Å²) >= 11 is 0. The van der Waals surface area contributed by atoms with Gasteiger partial charge in [-0.2, -0.15) is 0 Å². The van der Waals surface area contributed by atoms with E-state index in [1.54, 1.807) is 0 Å². The molecule has 0 heterocycles. The van der Waals surface area contributed by atoms with Crippen molar-refractivity contribution in [1.29, 1.82) is 0 Å². The second-order valence-electron chi connectivity index (χ2n) is 7.49. The summed E-state index contributed by atoms with van der Waals surface area (Å²) < 4.78 is 16.3. The van der Waals surface area contributed by atoms with Gasteiger partial charge in [0.25, 0.3) is 0 Å². The average Bonchev–Trinajstić information content (AvgIpc) is 2.68. The van der Waals surface area contributed by atoms with E-state index in [9.17, 15) is 14.4 Å². The summed E-state index contributed by atoms with van der Waals surface area (Å²) in [5, 5.41) is 0. The number of carbonyl (C=O) groups excluding carboxylic acids is 3. The standard InChI is InChI=1S/C21H38O8/c1-6-9-18(22)26-14-21(12-17(4)13-29-25-5,15-27-19(23)10-7-2)16-28-20(24)11-8-3/h17H,6-16H2,1-5H3. The Labute approximate surface area is 174 Å². The van der Waals surface area contributed by atoms with Gasteiger partial charge in [0.1, 0.15) is 19.8 Å². The van der Waals surface area contributed by atoms with E-state index in [-0.39, 0.29) is 43.6 Å². The van der Waals surface area contributed by atoms with Crippen molar-refractivity contribution >= 4 is 17.9 Å². The van der Waals surface area contributed by atoms with Gasteiger partial charge in [-0.15, -0.1) is 0 Å². The Bertz CT molecular complexity index is 422. The van der Waals surface area contributed by atoms with Crippen LogP contribution in [0, 0.1) is 11.3 Å². The third-order valence-corrected chi connectivity index (χ3v) is 4.23. The molecule has 0 fully saturated rings. The lowest BCUT2D eigenvalue weighted by Crippen LogP contribution is -2.41. The Kier molecular flexibility index (Phi) is 15.2. The van der Waals surface area contributed by atoms with E-state index in [4.69, 9.17) is 19.1 Å². The van der Waals surface area contributed by atoms with E-state index in [0.717, 1.165) is 0 Å². The third kappa shape index (κ3) is 13.2. The molecule has 0 bridgehead atoms. The molecule has 0 spiro atoms. The Morgan fingerprint density at radius 3 is 1.45 bits per heavy atom. The molecule has 1 unspecified atom stereocenters. The first-order valence-corrected chi connectivity index (χ1v) is 10.4. The summed E-state index contributed by atoms with van der Waals surface area (Å²) in [5.74, 6) is -1.03.